The van der Waals surface area contributed by atoms with Crippen LogP contribution in [0.4, 0.5) is 17.1 Å². The second-order valence-corrected chi connectivity index (χ2v) is 21.4. The Labute approximate surface area is 409 Å². The molecule has 4 heteroatoms. The molecule has 0 atom stereocenters. The van der Waals surface area contributed by atoms with Gasteiger partial charge in [0.1, 0.15) is 22.3 Å². The van der Waals surface area contributed by atoms with Crippen LogP contribution in [0.25, 0.3) is 109 Å². The van der Waals surface area contributed by atoms with Gasteiger partial charge in [0.25, 0.3) is 0 Å². The van der Waals surface area contributed by atoms with Gasteiger partial charge in [-0.05, 0) is 128 Å². The number of rotatable bonds is 5. The van der Waals surface area contributed by atoms with Gasteiger partial charge in [0.2, 0.25) is 0 Å². The van der Waals surface area contributed by atoms with Gasteiger partial charge in [0.05, 0.1) is 0 Å². The van der Waals surface area contributed by atoms with Crippen LogP contribution < -0.4 is 4.90 Å². The zero-order valence-electron chi connectivity index (χ0n) is 39.2. The van der Waals surface area contributed by atoms with Crippen molar-refractivity contribution in [3.8, 4) is 44.5 Å². The Morgan fingerprint density at radius 3 is 1.73 bits per heavy atom. The minimum Gasteiger partial charge on any atom is -0.456 e. The highest BCUT2D eigenvalue weighted by atomic mass is 32.1. The lowest BCUT2D eigenvalue weighted by atomic mass is 9.81. The number of para-hydroxylation sites is 1. The van der Waals surface area contributed by atoms with E-state index in [1.165, 1.54) is 75.8 Å². The normalized spacial score (nSPS) is 14.2. The second kappa shape index (κ2) is 14.2. The molecule has 3 nitrogen and oxygen atoms in total. The highest BCUT2D eigenvalue weighted by Crippen LogP contribution is 2.54. The Hall–Kier alpha value is -8.18. The SMILES string of the molecule is CC1(C)c2ccccc2-c2ccc(-c3c4oc5ccc(N(c6ccc(-c7cccc8c7sc7ccccc78)cc6)c6ccc7c(c6)C(C)(C)c6ccccc6-7)cc5c4cc4oc5ccccc5c34)cc21. The van der Waals surface area contributed by atoms with E-state index in [0.29, 0.717) is 0 Å². The van der Waals surface area contributed by atoms with Gasteiger partial charge in [-0.3, -0.25) is 0 Å². The molecule has 0 bridgehead atoms. The predicted octanol–water partition coefficient (Wildman–Crippen LogP) is 19.3. The number of fused-ring (bicyclic) bond motifs is 15. The summed E-state index contributed by atoms with van der Waals surface area (Å²) < 4.78 is 16.5. The first kappa shape index (κ1) is 39.8. The lowest BCUT2D eigenvalue weighted by Gasteiger charge is -2.28. The van der Waals surface area contributed by atoms with Crippen LogP contribution in [-0.4, -0.2) is 0 Å². The van der Waals surface area contributed by atoms with Gasteiger partial charge < -0.3 is 13.7 Å². The number of hydrogen-bond donors (Lipinski definition) is 0. The van der Waals surface area contributed by atoms with E-state index in [2.05, 4.69) is 233 Å². The van der Waals surface area contributed by atoms with Crippen LogP contribution in [0.15, 0.2) is 209 Å². The number of furan rings is 2. The summed E-state index contributed by atoms with van der Waals surface area (Å²) in [6.45, 7) is 9.41. The van der Waals surface area contributed by atoms with Crippen molar-refractivity contribution in [3.63, 3.8) is 0 Å². The molecule has 13 aromatic rings. The summed E-state index contributed by atoms with van der Waals surface area (Å²) >= 11 is 1.87. The highest BCUT2D eigenvalue weighted by Gasteiger charge is 2.37. The number of anilines is 3. The summed E-state index contributed by atoms with van der Waals surface area (Å²) in [7, 11) is 0. The third-order valence-electron chi connectivity index (χ3n) is 15.9. The number of nitrogens with zero attached hydrogens (tertiary/aromatic N) is 1. The fourth-order valence-corrected chi connectivity index (χ4v) is 13.7. The Bertz CT molecular complexity index is 4370. The van der Waals surface area contributed by atoms with Crippen molar-refractivity contribution < 1.29 is 8.83 Å². The summed E-state index contributed by atoms with van der Waals surface area (Å²) in [5, 5.41) is 6.84. The Kier molecular flexibility index (Phi) is 8.07. The molecule has 0 saturated heterocycles. The molecule has 0 N–H and O–H groups in total. The standard InChI is InChI=1S/C66H45NO2S/c1-65(2)53-20-9-5-14-44(53)46-31-26-39(34-55(46)65)61-62-50-17-7-11-22-57(50)68-59(62)37-52-51-35-41(30-33-58(51)69-63(52)61)67(42-29-32-47-45-15-6-10-21-54(45)66(3,4)56(47)36-42)40-27-24-38(25-28-40)43-18-13-19-49-48-16-8-12-23-60(48)70-64(43)49/h5-37H,1-4H3. The number of benzene rings is 10. The van der Waals surface area contributed by atoms with E-state index in [-0.39, 0.29) is 10.8 Å². The van der Waals surface area contributed by atoms with Crippen molar-refractivity contribution >= 4 is 92.4 Å². The van der Waals surface area contributed by atoms with Gasteiger partial charge in [-0.15, -0.1) is 11.3 Å². The second-order valence-electron chi connectivity index (χ2n) is 20.4. The smallest absolute Gasteiger partial charge is 0.144 e. The summed E-state index contributed by atoms with van der Waals surface area (Å²) in [4.78, 5) is 2.42. The third kappa shape index (κ3) is 5.45. The van der Waals surface area contributed by atoms with E-state index in [4.69, 9.17) is 8.83 Å². The van der Waals surface area contributed by atoms with E-state index < -0.39 is 0 Å². The minimum absolute atomic E-state index is 0.153. The van der Waals surface area contributed by atoms with E-state index in [0.717, 1.165) is 72.1 Å². The van der Waals surface area contributed by atoms with Crippen LogP contribution in [-0.2, 0) is 10.8 Å². The maximum atomic E-state index is 7.13. The molecule has 0 aliphatic heterocycles. The third-order valence-corrected chi connectivity index (χ3v) is 17.1. The van der Waals surface area contributed by atoms with Crippen LogP contribution in [0.1, 0.15) is 49.9 Å². The molecule has 0 spiro atoms. The molecule has 3 aromatic heterocycles. The van der Waals surface area contributed by atoms with Crippen LogP contribution in [0.5, 0.6) is 0 Å². The first-order chi connectivity index (χ1) is 34.2. The van der Waals surface area contributed by atoms with Crippen molar-refractivity contribution in [2.75, 3.05) is 4.90 Å². The summed E-state index contributed by atoms with van der Waals surface area (Å²) in [6.07, 6.45) is 0. The molecule has 0 radical (unpaired) electrons. The van der Waals surface area contributed by atoms with Gasteiger partial charge in [-0.25, -0.2) is 0 Å². The zero-order valence-corrected chi connectivity index (χ0v) is 40.0. The molecular weight excluding hydrogens is 871 g/mol. The van der Waals surface area contributed by atoms with E-state index in [1.807, 2.05) is 11.3 Å². The summed E-state index contributed by atoms with van der Waals surface area (Å²) in [6, 6.07) is 73.7. The van der Waals surface area contributed by atoms with E-state index >= 15 is 0 Å². The first-order valence-electron chi connectivity index (χ1n) is 24.3. The Morgan fingerprint density at radius 2 is 0.943 bits per heavy atom. The Morgan fingerprint density at radius 1 is 0.371 bits per heavy atom. The average molecular weight is 916 g/mol. The molecule has 0 unspecified atom stereocenters. The highest BCUT2D eigenvalue weighted by molar-refractivity contribution is 7.26. The Balaban J connectivity index is 0.934. The van der Waals surface area contributed by atoms with Gasteiger partial charge >= 0.3 is 0 Å². The van der Waals surface area contributed by atoms with Crippen LogP contribution >= 0.6 is 11.3 Å². The number of hydrogen-bond acceptors (Lipinski definition) is 4. The van der Waals surface area contributed by atoms with Crippen LogP contribution in [0.3, 0.4) is 0 Å². The first-order valence-corrected chi connectivity index (χ1v) is 25.1. The van der Waals surface area contributed by atoms with Gasteiger partial charge in [-0.2, -0.15) is 0 Å². The fourth-order valence-electron chi connectivity index (χ4n) is 12.4. The quantitative estimate of drug-likeness (QED) is 0.172. The van der Waals surface area contributed by atoms with E-state index in [1.54, 1.807) is 0 Å². The summed E-state index contributed by atoms with van der Waals surface area (Å²) in [5.74, 6) is 0. The molecule has 15 rings (SSSR count). The summed E-state index contributed by atoms with van der Waals surface area (Å²) in [5.41, 5.74) is 21.6. The van der Waals surface area contributed by atoms with Crippen LogP contribution in [0, 0.1) is 0 Å². The molecule has 3 heterocycles. The molecule has 332 valence electrons. The molecule has 10 aromatic carbocycles. The van der Waals surface area contributed by atoms with Crippen molar-refractivity contribution in [2.45, 2.75) is 38.5 Å². The molecule has 2 aliphatic carbocycles. The van der Waals surface area contributed by atoms with Crippen LogP contribution in [0.2, 0.25) is 0 Å². The fraction of sp³-hybridized carbons (Fsp3) is 0.0909. The molecule has 70 heavy (non-hydrogen) atoms. The van der Waals surface area contributed by atoms with Gasteiger partial charge in [0, 0.05) is 75.2 Å². The molecule has 0 amide bonds. The largest absolute Gasteiger partial charge is 0.456 e. The monoisotopic (exact) mass is 915 g/mol. The topological polar surface area (TPSA) is 29.5 Å². The maximum absolute atomic E-state index is 7.13. The predicted molar refractivity (Wildman–Crippen MR) is 295 cm³/mol. The lowest BCUT2D eigenvalue weighted by molar-refractivity contribution is 0.660. The molecule has 0 fully saturated rings. The van der Waals surface area contributed by atoms with Crippen molar-refractivity contribution in [2.24, 2.45) is 0 Å². The maximum Gasteiger partial charge on any atom is 0.144 e. The molecule has 2 aliphatic rings. The van der Waals surface area contributed by atoms with Crippen molar-refractivity contribution in [1.82, 2.24) is 0 Å². The molecular formula is C66H45NO2S. The van der Waals surface area contributed by atoms with Gasteiger partial charge in [0.15, 0.2) is 0 Å². The number of thiophene rings is 1. The lowest BCUT2D eigenvalue weighted by Crippen LogP contribution is -2.16. The zero-order chi connectivity index (χ0) is 46.6. The van der Waals surface area contributed by atoms with E-state index in [9.17, 15) is 0 Å². The minimum atomic E-state index is -0.158. The molecule has 0 saturated carbocycles. The van der Waals surface area contributed by atoms with Crippen molar-refractivity contribution in [1.29, 1.82) is 0 Å². The average Bonchev–Trinajstić information content (AvgIpc) is 4.17. The van der Waals surface area contributed by atoms with Gasteiger partial charge in [-0.1, -0.05) is 161 Å². The van der Waals surface area contributed by atoms with Crippen molar-refractivity contribution in [3.05, 3.63) is 222 Å².